The van der Waals surface area contributed by atoms with E-state index < -0.39 is 6.04 Å². The van der Waals surface area contributed by atoms with E-state index in [9.17, 15) is 0 Å². The molecule has 0 unspecified atom stereocenters. The van der Waals surface area contributed by atoms with Gasteiger partial charge in [0.05, 0.1) is 0 Å². The van der Waals surface area contributed by atoms with Crippen LogP contribution < -0.4 is 5.30 Å². The van der Waals surface area contributed by atoms with Crippen molar-refractivity contribution in [3.8, 4) is 0 Å². The van der Waals surface area contributed by atoms with Crippen LogP contribution in [0.1, 0.15) is 12.8 Å². The van der Waals surface area contributed by atoms with Crippen molar-refractivity contribution in [3.05, 3.63) is 55.6 Å². The molecule has 0 bridgehead atoms. The van der Waals surface area contributed by atoms with Crippen LogP contribution in [-0.4, -0.2) is 12.3 Å². The predicted octanol–water partition coefficient (Wildman–Crippen LogP) is 3.94. The van der Waals surface area contributed by atoms with E-state index in [1.807, 2.05) is 18.2 Å². The van der Waals surface area contributed by atoms with Crippen molar-refractivity contribution in [2.24, 2.45) is 0 Å². The van der Waals surface area contributed by atoms with Crippen LogP contribution in [0.25, 0.3) is 0 Å². The molecule has 0 spiro atoms. The van der Waals surface area contributed by atoms with Gasteiger partial charge in [0.15, 0.2) is 0 Å². The van der Waals surface area contributed by atoms with Gasteiger partial charge in [0.25, 0.3) is 0 Å². The fourth-order valence-corrected chi connectivity index (χ4v) is 5.32. The van der Waals surface area contributed by atoms with Crippen LogP contribution in [0.3, 0.4) is 0 Å². The average Bonchev–Trinajstić information content (AvgIpc) is 2.35. The monoisotopic (exact) mass is 250 g/mol. The summed E-state index contributed by atoms with van der Waals surface area (Å²) >= 11 is 5.91. The first-order chi connectivity index (χ1) is 7.73. The summed E-state index contributed by atoms with van der Waals surface area (Å²) in [6.07, 6.45) is 8.15. The summed E-state index contributed by atoms with van der Waals surface area (Å²) in [5, 5.41) is 1.36. The molecular formula is C14H19PS. The van der Waals surface area contributed by atoms with Crippen LogP contribution in [-0.2, 0) is 11.8 Å². The molecular weight excluding hydrogens is 231 g/mol. The van der Waals surface area contributed by atoms with Crippen LogP contribution in [0.2, 0.25) is 0 Å². The van der Waals surface area contributed by atoms with Crippen molar-refractivity contribution in [1.29, 1.82) is 0 Å². The standard InChI is InChI=1S/C14H19PS/c1-3-5-12-15(16,13-6-4-2)14-10-8-7-9-11-14/h3-4,7-11H,1-2,5-6,12-13H2. The number of hydrogen-bond acceptors (Lipinski definition) is 1. The van der Waals surface area contributed by atoms with Gasteiger partial charge in [-0.2, -0.15) is 0 Å². The lowest BCUT2D eigenvalue weighted by Crippen LogP contribution is -2.09. The molecule has 0 nitrogen and oxygen atoms in total. The van der Waals surface area contributed by atoms with Crippen LogP contribution in [0, 0.1) is 0 Å². The van der Waals surface area contributed by atoms with Gasteiger partial charge >= 0.3 is 0 Å². The summed E-state index contributed by atoms with van der Waals surface area (Å²) in [7, 11) is 0. The Labute approximate surface area is 104 Å². The minimum atomic E-state index is -1.41. The van der Waals surface area contributed by atoms with E-state index in [-0.39, 0.29) is 0 Å². The molecule has 1 aromatic carbocycles. The highest BCUT2D eigenvalue weighted by Crippen LogP contribution is 2.46. The number of allylic oxidation sites excluding steroid dienone is 2. The number of hydrogen-bond donors (Lipinski definition) is 0. The fraction of sp³-hybridized carbons (Fsp3) is 0.286. The summed E-state index contributed by atoms with van der Waals surface area (Å²) in [6.45, 7) is 7.58. The Hall–Kier alpha value is -0.650. The molecule has 0 N–H and O–H groups in total. The number of rotatable bonds is 7. The summed E-state index contributed by atoms with van der Waals surface area (Å²) in [5.41, 5.74) is 0. The highest BCUT2D eigenvalue weighted by atomic mass is 32.4. The molecule has 0 aromatic heterocycles. The summed E-state index contributed by atoms with van der Waals surface area (Å²) in [5.74, 6) is 0. The molecule has 0 saturated carbocycles. The van der Waals surface area contributed by atoms with Crippen molar-refractivity contribution < 1.29 is 0 Å². The van der Waals surface area contributed by atoms with E-state index in [1.165, 1.54) is 5.30 Å². The van der Waals surface area contributed by atoms with Gasteiger partial charge in [0.1, 0.15) is 0 Å². The van der Waals surface area contributed by atoms with E-state index in [1.54, 1.807) is 0 Å². The lowest BCUT2D eigenvalue weighted by Gasteiger charge is -2.21. The minimum Gasteiger partial charge on any atom is -0.103 e. The van der Waals surface area contributed by atoms with Crippen LogP contribution in [0.15, 0.2) is 55.6 Å². The van der Waals surface area contributed by atoms with Crippen LogP contribution >= 0.6 is 6.04 Å². The molecule has 1 aromatic rings. The van der Waals surface area contributed by atoms with E-state index in [0.29, 0.717) is 0 Å². The molecule has 86 valence electrons. The van der Waals surface area contributed by atoms with Crippen LogP contribution in [0.5, 0.6) is 0 Å². The third-order valence-corrected chi connectivity index (χ3v) is 7.54. The third-order valence-electron chi connectivity index (χ3n) is 2.62. The molecule has 0 saturated heterocycles. The molecule has 2 heteroatoms. The Morgan fingerprint density at radius 2 is 1.50 bits per heavy atom. The molecule has 0 amide bonds. The Bertz CT molecular complexity index is 365. The first-order valence-corrected chi connectivity index (χ1v) is 8.76. The molecule has 0 fully saturated rings. The van der Waals surface area contributed by atoms with Gasteiger partial charge in [-0.15, -0.1) is 13.2 Å². The minimum absolute atomic E-state index is 1.02. The van der Waals surface area contributed by atoms with Crippen LogP contribution in [0.4, 0.5) is 0 Å². The largest absolute Gasteiger partial charge is 0.103 e. The second-order valence-electron chi connectivity index (χ2n) is 3.83. The maximum Gasteiger partial charge on any atom is -0.0142 e. The van der Waals surface area contributed by atoms with Gasteiger partial charge in [0, 0.05) is 0 Å². The molecule has 0 radical (unpaired) electrons. The first-order valence-electron chi connectivity index (χ1n) is 5.58. The lowest BCUT2D eigenvalue weighted by atomic mass is 10.4. The summed E-state index contributed by atoms with van der Waals surface area (Å²) in [4.78, 5) is 0. The predicted molar refractivity (Wildman–Crippen MR) is 79.7 cm³/mol. The molecule has 0 atom stereocenters. The molecule has 16 heavy (non-hydrogen) atoms. The quantitative estimate of drug-likeness (QED) is 0.521. The van der Waals surface area contributed by atoms with Gasteiger partial charge in [-0.05, 0) is 36.5 Å². The van der Waals surface area contributed by atoms with Gasteiger partial charge in [-0.3, -0.25) is 0 Å². The second kappa shape index (κ2) is 6.83. The Morgan fingerprint density at radius 1 is 1.00 bits per heavy atom. The van der Waals surface area contributed by atoms with Crippen molar-refractivity contribution in [2.75, 3.05) is 12.3 Å². The zero-order valence-electron chi connectivity index (χ0n) is 9.64. The molecule has 1 rings (SSSR count). The molecule has 0 aliphatic rings. The Balaban J connectivity index is 2.89. The normalized spacial score (nSPS) is 11.0. The van der Waals surface area contributed by atoms with Gasteiger partial charge < -0.3 is 0 Å². The van der Waals surface area contributed by atoms with E-state index in [4.69, 9.17) is 11.8 Å². The maximum absolute atomic E-state index is 5.91. The Morgan fingerprint density at radius 3 is 1.94 bits per heavy atom. The van der Waals surface area contributed by atoms with E-state index in [2.05, 4.69) is 37.4 Å². The zero-order valence-corrected chi connectivity index (χ0v) is 11.4. The highest BCUT2D eigenvalue weighted by Gasteiger charge is 2.17. The fourth-order valence-electron chi connectivity index (χ4n) is 1.67. The van der Waals surface area contributed by atoms with Crippen molar-refractivity contribution >= 4 is 23.1 Å². The maximum atomic E-state index is 5.91. The molecule has 0 heterocycles. The van der Waals surface area contributed by atoms with Gasteiger partial charge in [0.2, 0.25) is 0 Å². The number of benzene rings is 1. The van der Waals surface area contributed by atoms with E-state index in [0.717, 1.165) is 25.2 Å². The lowest BCUT2D eigenvalue weighted by molar-refractivity contribution is 1.18. The zero-order chi connectivity index (χ0) is 11.9. The summed E-state index contributed by atoms with van der Waals surface area (Å²) < 4.78 is 0. The van der Waals surface area contributed by atoms with Crippen molar-refractivity contribution in [1.82, 2.24) is 0 Å². The topological polar surface area (TPSA) is 0 Å². The van der Waals surface area contributed by atoms with Gasteiger partial charge in [-0.1, -0.05) is 54.3 Å². The second-order valence-corrected chi connectivity index (χ2v) is 9.11. The van der Waals surface area contributed by atoms with Crippen molar-refractivity contribution in [2.45, 2.75) is 12.8 Å². The third kappa shape index (κ3) is 3.73. The first kappa shape index (κ1) is 13.4. The van der Waals surface area contributed by atoms with Crippen molar-refractivity contribution in [3.63, 3.8) is 0 Å². The highest BCUT2D eigenvalue weighted by molar-refractivity contribution is 8.18. The molecule has 0 aliphatic carbocycles. The summed E-state index contributed by atoms with van der Waals surface area (Å²) in [6, 6.07) is 9.14. The smallest absolute Gasteiger partial charge is 0.0142 e. The molecule has 0 aliphatic heterocycles. The van der Waals surface area contributed by atoms with Gasteiger partial charge in [-0.25, -0.2) is 0 Å². The average molecular weight is 250 g/mol. The SMILES string of the molecule is C=CCCP(=S)(CCC=C)c1ccccc1. The Kier molecular flexibility index (Phi) is 5.73. The van der Waals surface area contributed by atoms with E-state index >= 15 is 0 Å².